The summed E-state index contributed by atoms with van der Waals surface area (Å²) in [7, 11) is 0. The van der Waals surface area contributed by atoms with Gasteiger partial charge in [-0.25, -0.2) is 15.8 Å². The summed E-state index contributed by atoms with van der Waals surface area (Å²) in [5.41, 5.74) is 7.19. The van der Waals surface area contributed by atoms with Gasteiger partial charge in [0, 0.05) is 16.8 Å². The van der Waals surface area contributed by atoms with Crippen molar-refractivity contribution >= 4 is 5.82 Å². The fraction of sp³-hybridized carbons (Fsp3) is 0.375. The first-order valence-electron chi connectivity index (χ1n) is 7.17. The molecule has 1 aromatic heterocycles. The van der Waals surface area contributed by atoms with E-state index in [-0.39, 0.29) is 0 Å². The lowest BCUT2D eigenvalue weighted by molar-refractivity contribution is 0.973. The van der Waals surface area contributed by atoms with Crippen LogP contribution in [0.4, 0.5) is 5.82 Å². The third-order valence-electron chi connectivity index (χ3n) is 3.94. The fourth-order valence-electron chi connectivity index (χ4n) is 2.50. The highest BCUT2D eigenvalue weighted by Crippen LogP contribution is 2.40. The maximum atomic E-state index is 5.55. The zero-order chi connectivity index (χ0) is 14.1. The summed E-state index contributed by atoms with van der Waals surface area (Å²) in [4.78, 5) is 9.17. The Morgan fingerprint density at radius 2 is 1.90 bits per heavy atom. The monoisotopic (exact) mass is 268 g/mol. The highest BCUT2D eigenvalue weighted by atomic mass is 15.3. The number of nitrogen functional groups attached to an aromatic ring is 1. The van der Waals surface area contributed by atoms with E-state index < -0.39 is 0 Å². The second-order valence-corrected chi connectivity index (χ2v) is 5.36. The predicted octanol–water partition coefficient (Wildman–Crippen LogP) is 3.18. The second-order valence-electron chi connectivity index (χ2n) is 5.36. The van der Waals surface area contributed by atoms with Crippen LogP contribution in [0, 0.1) is 6.92 Å². The van der Waals surface area contributed by atoms with Gasteiger partial charge in [-0.2, -0.15) is 0 Å². The van der Waals surface area contributed by atoms with Crippen LogP contribution in [-0.4, -0.2) is 9.97 Å². The molecule has 0 unspecified atom stereocenters. The number of nitrogens with one attached hydrogen (secondary N) is 1. The molecule has 0 atom stereocenters. The van der Waals surface area contributed by atoms with Crippen LogP contribution < -0.4 is 11.3 Å². The van der Waals surface area contributed by atoms with E-state index in [0.717, 1.165) is 35.0 Å². The number of nitrogens with zero attached hydrogens (tertiary/aromatic N) is 2. The van der Waals surface area contributed by atoms with Crippen molar-refractivity contribution in [2.75, 3.05) is 5.43 Å². The van der Waals surface area contributed by atoms with Gasteiger partial charge in [-0.15, -0.1) is 0 Å². The van der Waals surface area contributed by atoms with Crippen molar-refractivity contribution in [1.82, 2.24) is 9.97 Å². The number of hydrogen-bond donors (Lipinski definition) is 2. The molecule has 1 aliphatic rings. The van der Waals surface area contributed by atoms with Crippen LogP contribution >= 0.6 is 0 Å². The Morgan fingerprint density at radius 3 is 2.45 bits per heavy atom. The van der Waals surface area contributed by atoms with Gasteiger partial charge in [0.1, 0.15) is 5.82 Å². The van der Waals surface area contributed by atoms with Crippen LogP contribution in [0.3, 0.4) is 0 Å². The second kappa shape index (κ2) is 5.21. The molecule has 104 valence electrons. The molecule has 1 fully saturated rings. The van der Waals surface area contributed by atoms with Crippen molar-refractivity contribution in [1.29, 1.82) is 0 Å². The van der Waals surface area contributed by atoms with Crippen molar-refractivity contribution in [3.63, 3.8) is 0 Å². The van der Waals surface area contributed by atoms with Gasteiger partial charge in [-0.1, -0.05) is 31.2 Å². The summed E-state index contributed by atoms with van der Waals surface area (Å²) in [6, 6.07) is 8.60. The topological polar surface area (TPSA) is 63.8 Å². The Balaban J connectivity index is 1.99. The van der Waals surface area contributed by atoms with Crippen molar-refractivity contribution in [3.8, 4) is 11.4 Å². The minimum atomic E-state index is 0.707. The number of nitrogens with two attached hydrogens (primary N) is 1. The molecule has 0 saturated heterocycles. The summed E-state index contributed by atoms with van der Waals surface area (Å²) >= 11 is 0. The van der Waals surface area contributed by atoms with Crippen molar-refractivity contribution in [3.05, 3.63) is 41.1 Å². The number of anilines is 1. The van der Waals surface area contributed by atoms with Crippen LogP contribution in [0.25, 0.3) is 11.4 Å². The summed E-state index contributed by atoms with van der Waals surface area (Å²) in [5.74, 6) is 7.77. The lowest BCUT2D eigenvalue weighted by Crippen LogP contribution is -2.13. The van der Waals surface area contributed by atoms with Gasteiger partial charge in [0.15, 0.2) is 5.82 Å². The Hall–Kier alpha value is -1.94. The van der Waals surface area contributed by atoms with E-state index in [9.17, 15) is 0 Å². The van der Waals surface area contributed by atoms with Gasteiger partial charge in [-0.3, -0.25) is 0 Å². The van der Waals surface area contributed by atoms with E-state index in [1.54, 1.807) is 0 Å². The van der Waals surface area contributed by atoms with Gasteiger partial charge >= 0.3 is 0 Å². The fourth-order valence-corrected chi connectivity index (χ4v) is 2.50. The van der Waals surface area contributed by atoms with Crippen molar-refractivity contribution in [2.24, 2.45) is 5.84 Å². The molecule has 20 heavy (non-hydrogen) atoms. The van der Waals surface area contributed by atoms with Crippen molar-refractivity contribution < 1.29 is 0 Å². The highest BCUT2D eigenvalue weighted by Gasteiger charge is 2.23. The maximum absolute atomic E-state index is 5.55. The summed E-state index contributed by atoms with van der Waals surface area (Å²) in [6.45, 7) is 4.09. The summed E-state index contributed by atoms with van der Waals surface area (Å²) in [5, 5.41) is 0. The zero-order valence-corrected chi connectivity index (χ0v) is 12.0. The highest BCUT2D eigenvalue weighted by molar-refractivity contribution is 5.60. The van der Waals surface area contributed by atoms with Gasteiger partial charge in [0.2, 0.25) is 0 Å². The van der Waals surface area contributed by atoms with Gasteiger partial charge in [0.25, 0.3) is 0 Å². The van der Waals surface area contributed by atoms with Crippen LogP contribution in [0.2, 0.25) is 0 Å². The SMILES string of the molecule is CCc1nc(-c2ccc(C3CC3)cc2)nc(NN)c1C. The molecule has 1 heterocycles. The smallest absolute Gasteiger partial charge is 0.161 e. The van der Waals surface area contributed by atoms with Crippen LogP contribution in [-0.2, 0) is 6.42 Å². The molecule has 0 amide bonds. The molecule has 0 radical (unpaired) electrons. The molecule has 0 aliphatic heterocycles. The molecule has 1 aliphatic carbocycles. The molecule has 3 N–H and O–H groups in total. The molecule has 4 nitrogen and oxygen atoms in total. The van der Waals surface area contributed by atoms with Crippen LogP contribution in [0.15, 0.2) is 24.3 Å². The third kappa shape index (κ3) is 2.39. The number of hydrazine groups is 1. The number of aromatic nitrogens is 2. The summed E-state index contributed by atoms with van der Waals surface area (Å²) < 4.78 is 0. The van der Waals surface area contributed by atoms with Gasteiger partial charge < -0.3 is 5.43 Å². The molecule has 3 rings (SSSR count). The van der Waals surface area contributed by atoms with E-state index in [2.05, 4.69) is 46.6 Å². The third-order valence-corrected chi connectivity index (χ3v) is 3.94. The summed E-state index contributed by atoms with van der Waals surface area (Å²) in [6.07, 6.45) is 3.51. The van der Waals surface area contributed by atoms with E-state index in [4.69, 9.17) is 5.84 Å². The number of aryl methyl sites for hydroxylation is 1. The molecule has 1 aromatic carbocycles. The van der Waals surface area contributed by atoms with Crippen LogP contribution in [0.1, 0.15) is 42.5 Å². The minimum absolute atomic E-state index is 0.707. The molecule has 4 heteroatoms. The molecule has 0 bridgehead atoms. The van der Waals surface area contributed by atoms with E-state index in [0.29, 0.717) is 5.82 Å². The zero-order valence-electron chi connectivity index (χ0n) is 12.0. The number of hydrogen-bond acceptors (Lipinski definition) is 4. The van der Waals surface area contributed by atoms with Crippen LogP contribution in [0.5, 0.6) is 0 Å². The Bertz CT molecular complexity index is 590. The average Bonchev–Trinajstić information content (AvgIpc) is 3.32. The molecular formula is C16H20N4. The van der Waals surface area contributed by atoms with Gasteiger partial charge in [0.05, 0.1) is 0 Å². The normalized spacial score (nSPS) is 14.3. The van der Waals surface area contributed by atoms with E-state index in [1.165, 1.54) is 18.4 Å². The largest absolute Gasteiger partial charge is 0.308 e. The molecular weight excluding hydrogens is 248 g/mol. The minimum Gasteiger partial charge on any atom is -0.308 e. The molecule has 2 aromatic rings. The lowest BCUT2D eigenvalue weighted by atomic mass is 10.1. The quantitative estimate of drug-likeness (QED) is 0.660. The number of rotatable bonds is 4. The standard InChI is InChI=1S/C16H20N4/c1-3-14-10(2)15(20-17)19-16(18-14)13-8-6-12(7-9-13)11-4-5-11/h6-9,11H,3-5,17H2,1-2H3,(H,18,19,20). The number of benzene rings is 1. The molecule has 0 spiro atoms. The Labute approximate surface area is 119 Å². The molecule has 1 saturated carbocycles. The van der Waals surface area contributed by atoms with Gasteiger partial charge in [-0.05, 0) is 37.7 Å². The van der Waals surface area contributed by atoms with Crippen molar-refractivity contribution in [2.45, 2.75) is 39.0 Å². The van der Waals surface area contributed by atoms with E-state index in [1.807, 2.05) is 6.92 Å². The predicted molar refractivity (Wildman–Crippen MR) is 81.4 cm³/mol. The Morgan fingerprint density at radius 1 is 1.20 bits per heavy atom. The lowest BCUT2D eigenvalue weighted by Gasteiger charge is -2.11. The first kappa shape index (κ1) is 13.1. The first-order chi connectivity index (χ1) is 9.72. The average molecular weight is 268 g/mol. The van der Waals surface area contributed by atoms with E-state index >= 15 is 0 Å². The first-order valence-corrected chi connectivity index (χ1v) is 7.17. The Kier molecular flexibility index (Phi) is 3.40. The maximum Gasteiger partial charge on any atom is 0.161 e.